The number of nitrogens with two attached hydrogens (primary N) is 1. The molecule has 1 fully saturated rings. The van der Waals surface area contributed by atoms with E-state index in [0.717, 1.165) is 4.31 Å². The number of carbonyl (C=O) groups is 1. The van der Waals surface area contributed by atoms with Gasteiger partial charge in [-0.15, -0.1) is 0 Å². The minimum Gasteiger partial charge on any atom is -0.298 e. The van der Waals surface area contributed by atoms with Crippen LogP contribution >= 0.6 is 0 Å². The Morgan fingerprint density at radius 2 is 2.09 bits per heavy atom. The van der Waals surface area contributed by atoms with E-state index in [1.54, 1.807) is 0 Å². The Kier molecular flexibility index (Phi) is 2.26. The second kappa shape index (κ2) is 2.88. The first kappa shape index (κ1) is 8.63. The molecular weight excluding hydrogens is 168 g/mol. The number of hydrogen-bond donors (Lipinski definition) is 1. The monoisotopic (exact) mass is 178 g/mol. The number of rotatable bonds is 1. The van der Waals surface area contributed by atoms with Crippen LogP contribution in [0.15, 0.2) is 0 Å². The molecule has 1 heterocycles. The smallest absolute Gasteiger partial charge is 0.277 e. The van der Waals surface area contributed by atoms with Crippen LogP contribution in [0.5, 0.6) is 0 Å². The largest absolute Gasteiger partial charge is 0.298 e. The van der Waals surface area contributed by atoms with Crippen molar-refractivity contribution in [2.75, 3.05) is 13.1 Å². The lowest BCUT2D eigenvalue weighted by Crippen LogP contribution is -2.43. The fraction of sp³-hybridized carbons (Fsp3) is 0.800. The maximum atomic E-state index is 10.8. The van der Waals surface area contributed by atoms with Gasteiger partial charge in [0.1, 0.15) is 5.78 Å². The fourth-order valence-corrected chi connectivity index (χ4v) is 1.73. The van der Waals surface area contributed by atoms with Crippen LogP contribution in [0.3, 0.4) is 0 Å². The van der Waals surface area contributed by atoms with Crippen molar-refractivity contribution >= 4 is 16.0 Å². The molecule has 0 aromatic carbocycles. The first-order valence-electron chi connectivity index (χ1n) is 3.30. The highest BCUT2D eigenvalue weighted by atomic mass is 32.2. The highest BCUT2D eigenvalue weighted by Crippen LogP contribution is 2.07. The maximum Gasteiger partial charge on any atom is 0.277 e. The van der Waals surface area contributed by atoms with E-state index in [9.17, 15) is 13.2 Å². The molecule has 0 saturated carbocycles. The Labute approximate surface area is 65.4 Å². The van der Waals surface area contributed by atoms with Crippen LogP contribution in [0.2, 0.25) is 0 Å². The molecule has 0 bridgehead atoms. The minimum absolute atomic E-state index is 0.0567. The lowest BCUT2D eigenvalue weighted by atomic mass is 10.1. The summed E-state index contributed by atoms with van der Waals surface area (Å²) in [5, 5.41) is 4.82. The summed E-state index contributed by atoms with van der Waals surface area (Å²) in [5.41, 5.74) is 0. The molecule has 0 radical (unpaired) electrons. The van der Waals surface area contributed by atoms with Crippen molar-refractivity contribution in [2.24, 2.45) is 5.14 Å². The van der Waals surface area contributed by atoms with E-state index in [1.807, 2.05) is 0 Å². The third kappa shape index (κ3) is 2.25. The number of ketones is 1. The number of piperidine rings is 1. The normalized spacial score (nSPS) is 22.1. The molecule has 0 aromatic heterocycles. The van der Waals surface area contributed by atoms with Gasteiger partial charge < -0.3 is 0 Å². The summed E-state index contributed by atoms with van der Waals surface area (Å²) in [6.45, 7) is 0.309. The first-order valence-corrected chi connectivity index (χ1v) is 4.80. The van der Waals surface area contributed by atoms with Crippen LogP contribution in [0.1, 0.15) is 12.8 Å². The summed E-state index contributed by atoms with van der Waals surface area (Å²) < 4.78 is 22.4. The van der Waals surface area contributed by atoms with Gasteiger partial charge in [0.2, 0.25) is 0 Å². The Balaban J connectivity index is 2.68. The van der Waals surface area contributed by atoms with E-state index < -0.39 is 10.2 Å². The van der Waals surface area contributed by atoms with Gasteiger partial charge in [-0.25, -0.2) is 5.14 Å². The zero-order chi connectivity index (χ0) is 8.48. The van der Waals surface area contributed by atoms with Crippen LogP contribution in [0, 0.1) is 0 Å². The van der Waals surface area contributed by atoms with Crippen LogP contribution in [-0.2, 0) is 15.0 Å². The van der Waals surface area contributed by atoms with Crippen molar-refractivity contribution in [2.45, 2.75) is 12.8 Å². The van der Waals surface area contributed by atoms with Crippen molar-refractivity contribution in [1.29, 1.82) is 0 Å². The van der Waals surface area contributed by atoms with E-state index >= 15 is 0 Å². The van der Waals surface area contributed by atoms with Gasteiger partial charge in [-0.05, 0) is 6.42 Å². The summed E-state index contributed by atoms with van der Waals surface area (Å²) >= 11 is 0. The number of nitrogens with zero attached hydrogens (tertiary/aromatic N) is 1. The van der Waals surface area contributed by atoms with E-state index in [-0.39, 0.29) is 12.3 Å². The molecule has 0 unspecified atom stereocenters. The van der Waals surface area contributed by atoms with Crippen molar-refractivity contribution in [3.05, 3.63) is 0 Å². The lowest BCUT2D eigenvalue weighted by Gasteiger charge is -2.22. The second-order valence-electron chi connectivity index (χ2n) is 2.52. The van der Waals surface area contributed by atoms with Gasteiger partial charge in [0, 0.05) is 13.0 Å². The van der Waals surface area contributed by atoms with Crippen LogP contribution in [0.4, 0.5) is 0 Å². The number of hydrogen-bond acceptors (Lipinski definition) is 3. The summed E-state index contributed by atoms with van der Waals surface area (Å²) in [5.74, 6) is -0.0646. The molecule has 64 valence electrons. The van der Waals surface area contributed by atoms with Gasteiger partial charge >= 0.3 is 0 Å². The van der Waals surface area contributed by atoms with Gasteiger partial charge in [-0.2, -0.15) is 12.7 Å². The Bertz CT molecular complexity index is 259. The quantitative estimate of drug-likeness (QED) is 0.550. The molecule has 1 rings (SSSR count). The molecule has 6 heteroatoms. The Morgan fingerprint density at radius 3 is 2.45 bits per heavy atom. The molecule has 2 N–H and O–H groups in total. The van der Waals surface area contributed by atoms with Gasteiger partial charge in [0.15, 0.2) is 0 Å². The molecule has 5 nitrogen and oxygen atoms in total. The summed E-state index contributed by atoms with van der Waals surface area (Å²) in [6.07, 6.45) is 1.04. The Hall–Kier alpha value is -0.460. The van der Waals surface area contributed by atoms with E-state index in [1.165, 1.54) is 0 Å². The zero-order valence-electron chi connectivity index (χ0n) is 5.99. The van der Waals surface area contributed by atoms with Crippen LogP contribution < -0.4 is 5.14 Å². The average Bonchev–Trinajstić information content (AvgIpc) is 1.86. The second-order valence-corrected chi connectivity index (χ2v) is 4.07. The molecular formula is C5H10N2O3S. The fourth-order valence-electron chi connectivity index (χ4n) is 1.02. The molecule has 1 aliphatic heterocycles. The predicted molar refractivity (Wildman–Crippen MR) is 38.9 cm³/mol. The van der Waals surface area contributed by atoms with E-state index in [0.29, 0.717) is 19.4 Å². The minimum atomic E-state index is -3.65. The van der Waals surface area contributed by atoms with Crippen LogP contribution in [-0.4, -0.2) is 31.6 Å². The average molecular weight is 178 g/mol. The summed E-state index contributed by atoms with van der Waals surface area (Å²) in [7, 11) is -3.65. The third-order valence-corrected chi connectivity index (χ3v) is 2.61. The lowest BCUT2D eigenvalue weighted by molar-refractivity contribution is -0.120. The summed E-state index contributed by atoms with van der Waals surface area (Å²) in [4.78, 5) is 10.8. The summed E-state index contributed by atoms with van der Waals surface area (Å²) in [6, 6.07) is 0. The number of Topliss-reactive ketones (excluding diaryl/α,β-unsaturated/α-hetero) is 1. The first-order chi connectivity index (χ1) is 5.00. The Morgan fingerprint density at radius 1 is 1.45 bits per heavy atom. The molecule has 0 atom stereocenters. The molecule has 0 aliphatic carbocycles. The third-order valence-electron chi connectivity index (χ3n) is 1.58. The maximum absolute atomic E-state index is 10.8. The number of carbonyl (C=O) groups excluding carboxylic acids is 1. The molecule has 0 spiro atoms. The van der Waals surface area contributed by atoms with Crippen molar-refractivity contribution in [1.82, 2.24) is 4.31 Å². The zero-order valence-corrected chi connectivity index (χ0v) is 6.80. The predicted octanol–water partition coefficient (Wildman–Crippen LogP) is -1.15. The highest BCUT2D eigenvalue weighted by Gasteiger charge is 2.23. The van der Waals surface area contributed by atoms with Gasteiger partial charge in [-0.1, -0.05) is 0 Å². The van der Waals surface area contributed by atoms with E-state index in [2.05, 4.69) is 0 Å². The molecule has 1 aliphatic rings. The molecule has 1 saturated heterocycles. The molecule has 0 aromatic rings. The molecule has 0 amide bonds. The van der Waals surface area contributed by atoms with Crippen molar-refractivity contribution < 1.29 is 13.2 Å². The van der Waals surface area contributed by atoms with E-state index in [4.69, 9.17) is 5.14 Å². The SMILES string of the molecule is NS(=O)(=O)N1CCCC(=O)C1. The van der Waals surface area contributed by atoms with Gasteiger partial charge in [-0.3, -0.25) is 4.79 Å². The van der Waals surface area contributed by atoms with Gasteiger partial charge in [0.25, 0.3) is 10.2 Å². The van der Waals surface area contributed by atoms with Crippen LogP contribution in [0.25, 0.3) is 0 Å². The topological polar surface area (TPSA) is 80.5 Å². The standard InChI is InChI=1S/C5H10N2O3S/c6-11(9,10)7-3-1-2-5(8)4-7/h1-4H2,(H2,6,9,10). The van der Waals surface area contributed by atoms with Gasteiger partial charge in [0.05, 0.1) is 6.54 Å². The van der Waals surface area contributed by atoms with Crippen molar-refractivity contribution in [3.63, 3.8) is 0 Å². The highest BCUT2D eigenvalue weighted by molar-refractivity contribution is 7.86. The van der Waals surface area contributed by atoms with Crippen molar-refractivity contribution in [3.8, 4) is 0 Å². The molecule has 11 heavy (non-hydrogen) atoms.